The van der Waals surface area contributed by atoms with Gasteiger partial charge in [0.2, 0.25) is 0 Å². The van der Waals surface area contributed by atoms with Gasteiger partial charge in [0.05, 0.1) is 0 Å². The van der Waals surface area contributed by atoms with E-state index in [2.05, 4.69) is 11.1 Å². The zero-order valence-electron chi connectivity index (χ0n) is 10.2. The molecule has 0 aliphatic rings. The van der Waals surface area contributed by atoms with Crippen molar-refractivity contribution >= 4 is 11.4 Å². The molecular formula is C13H19O3S-. The van der Waals surface area contributed by atoms with Crippen LogP contribution in [0.2, 0.25) is 0 Å². The predicted molar refractivity (Wildman–Crippen MR) is 68.5 cm³/mol. The van der Waals surface area contributed by atoms with Crippen LogP contribution in [0.15, 0.2) is 24.3 Å². The second-order valence-electron chi connectivity index (χ2n) is 4.10. The van der Waals surface area contributed by atoms with Crippen LogP contribution in [-0.4, -0.2) is 8.76 Å². The lowest BCUT2D eigenvalue weighted by molar-refractivity contribution is 0.440. The highest BCUT2D eigenvalue weighted by molar-refractivity contribution is 7.74. The number of hydrogen-bond donors (Lipinski definition) is 0. The Labute approximate surface area is 106 Å². The highest BCUT2D eigenvalue weighted by Crippen LogP contribution is 2.15. The summed E-state index contributed by atoms with van der Waals surface area (Å²) in [7, 11) is 0. The van der Waals surface area contributed by atoms with Crippen molar-refractivity contribution in [2.45, 2.75) is 45.4 Å². The van der Waals surface area contributed by atoms with E-state index in [4.69, 9.17) is 0 Å². The third-order valence-corrected chi connectivity index (χ3v) is 2.99. The molecule has 0 heterocycles. The molecule has 1 rings (SSSR count). The molecule has 0 spiro atoms. The van der Waals surface area contributed by atoms with Crippen LogP contribution in [0.5, 0.6) is 5.75 Å². The van der Waals surface area contributed by atoms with Gasteiger partial charge in [0.25, 0.3) is 0 Å². The molecule has 0 radical (unpaired) electrons. The standard InChI is InChI=1S/C13H20O3S/c1-2-3-4-5-6-7-12-8-10-13(11-9-12)16-17(14)15/h8-11H,2-7H2,1H3,(H,14,15)/p-1. The van der Waals surface area contributed by atoms with Crippen LogP contribution in [0, 0.1) is 0 Å². The van der Waals surface area contributed by atoms with E-state index >= 15 is 0 Å². The molecule has 0 bridgehead atoms. The van der Waals surface area contributed by atoms with Gasteiger partial charge in [-0.1, -0.05) is 44.7 Å². The first-order valence-electron chi connectivity index (χ1n) is 6.09. The van der Waals surface area contributed by atoms with Gasteiger partial charge in [-0.05, 0) is 30.5 Å². The predicted octanol–water partition coefficient (Wildman–Crippen LogP) is 3.37. The average molecular weight is 255 g/mol. The van der Waals surface area contributed by atoms with E-state index in [0.717, 1.165) is 6.42 Å². The first-order valence-corrected chi connectivity index (χ1v) is 7.09. The minimum Gasteiger partial charge on any atom is -0.740 e. The first-order chi connectivity index (χ1) is 8.22. The van der Waals surface area contributed by atoms with Gasteiger partial charge in [0.15, 0.2) is 0 Å². The van der Waals surface area contributed by atoms with E-state index in [1.807, 2.05) is 12.1 Å². The summed E-state index contributed by atoms with van der Waals surface area (Å²) in [6, 6.07) is 7.22. The molecule has 0 aromatic heterocycles. The maximum absolute atomic E-state index is 10.3. The number of unbranched alkanes of at least 4 members (excludes halogenated alkanes) is 4. The van der Waals surface area contributed by atoms with Crippen molar-refractivity contribution in [3.63, 3.8) is 0 Å². The zero-order chi connectivity index (χ0) is 12.5. The lowest BCUT2D eigenvalue weighted by Gasteiger charge is -2.07. The Morgan fingerprint density at radius 3 is 2.35 bits per heavy atom. The van der Waals surface area contributed by atoms with E-state index in [9.17, 15) is 8.76 Å². The highest BCUT2D eigenvalue weighted by atomic mass is 32.2. The normalized spacial score (nSPS) is 12.4. The lowest BCUT2D eigenvalue weighted by atomic mass is 10.1. The van der Waals surface area contributed by atoms with Crippen molar-refractivity contribution in [2.75, 3.05) is 0 Å². The minimum atomic E-state index is -2.48. The topological polar surface area (TPSA) is 49.4 Å². The quantitative estimate of drug-likeness (QED) is 0.528. The summed E-state index contributed by atoms with van der Waals surface area (Å²) in [5, 5.41) is 0. The number of aryl methyl sites for hydroxylation is 1. The van der Waals surface area contributed by atoms with Gasteiger partial charge in [-0.3, -0.25) is 0 Å². The van der Waals surface area contributed by atoms with Gasteiger partial charge >= 0.3 is 0 Å². The lowest BCUT2D eigenvalue weighted by Crippen LogP contribution is -1.97. The van der Waals surface area contributed by atoms with Gasteiger partial charge in [-0.15, -0.1) is 0 Å². The fourth-order valence-electron chi connectivity index (χ4n) is 1.72. The van der Waals surface area contributed by atoms with E-state index in [1.54, 1.807) is 12.1 Å². The molecule has 3 nitrogen and oxygen atoms in total. The third-order valence-electron chi connectivity index (χ3n) is 2.66. The molecular weight excluding hydrogens is 236 g/mol. The average Bonchev–Trinajstić information content (AvgIpc) is 2.30. The van der Waals surface area contributed by atoms with Crippen LogP contribution in [-0.2, 0) is 17.8 Å². The molecule has 0 fully saturated rings. The molecule has 1 unspecified atom stereocenters. The van der Waals surface area contributed by atoms with Gasteiger partial charge in [0.1, 0.15) is 17.1 Å². The van der Waals surface area contributed by atoms with Crippen molar-refractivity contribution in [1.29, 1.82) is 0 Å². The fraction of sp³-hybridized carbons (Fsp3) is 0.538. The molecule has 96 valence electrons. The van der Waals surface area contributed by atoms with Crippen molar-refractivity contribution < 1.29 is 12.9 Å². The summed E-state index contributed by atoms with van der Waals surface area (Å²) in [4.78, 5) is 0. The molecule has 1 atom stereocenters. The second-order valence-corrected chi connectivity index (χ2v) is 4.67. The van der Waals surface area contributed by atoms with Gasteiger partial charge in [0, 0.05) is 0 Å². The van der Waals surface area contributed by atoms with E-state index in [0.29, 0.717) is 5.75 Å². The number of benzene rings is 1. The Bertz CT molecular complexity index is 335. The van der Waals surface area contributed by atoms with E-state index < -0.39 is 11.4 Å². The van der Waals surface area contributed by atoms with Crippen LogP contribution in [0.3, 0.4) is 0 Å². The minimum absolute atomic E-state index is 0.369. The Morgan fingerprint density at radius 2 is 1.76 bits per heavy atom. The van der Waals surface area contributed by atoms with Crippen LogP contribution in [0.1, 0.15) is 44.6 Å². The van der Waals surface area contributed by atoms with Gasteiger partial charge in [-0.2, -0.15) is 0 Å². The Kier molecular flexibility index (Phi) is 6.89. The largest absolute Gasteiger partial charge is 0.740 e. The van der Waals surface area contributed by atoms with E-state index in [-0.39, 0.29) is 0 Å². The summed E-state index contributed by atoms with van der Waals surface area (Å²) in [6.45, 7) is 2.21. The molecule has 0 N–H and O–H groups in total. The Balaban J connectivity index is 2.28. The summed E-state index contributed by atoms with van der Waals surface area (Å²) in [5.74, 6) is 0.369. The SMILES string of the molecule is CCCCCCCc1ccc(OS(=O)[O-])cc1. The molecule has 1 aromatic carbocycles. The Hall–Kier alpha value is -0.870. The fourth-order valence-corrected chi connectivity index (χ4v) is 1.99. The van der Waals surface area contributed by atoms with E-state index in [1.165, 1.54) is 37.7 Å². The van der Waals surface area contributed by atoms with Crippen molar-refractivity contribution in [3.8, 4) is 5.75 Å². The van der Waals surface area contributed by atoms with Crippen molar-refractivity contribution in [3.05, 3.63) is 29.8 Å². The summed E-state index contributed by atoms with van der Waals surface area (Å²) in [6.07, 6.45) is 7.36. The molecule has 0 amide bonds. The maximum Gasteiger partial charge on any atom is 0.139 e. The second kappa shape index (κ2) is 8.25. The molecule has 4 heteroatoms. The zero-order valence-corrected chi connectivity index (χ0v) is 11.0. The smallest absolute Gasteiger partial charge is 0.139 e. The summed E-state index contributed by atoms with van der Waals surface area (Å²) < 4.78 is 25.2. The van der Waals surface area contributed by atoms with Crippen LogP contribution in [0.4, 0.5) is 0 Å². The third kappa shape index (κ3) is 6.44. The number of rotatable bonds is 8. The highest BCUT2D eigenvalue weighted by Gasteiger charge is 1.96. The van der Waals surface area contributed by atoms with Gasteiger partial charge < -0.3 is 8.74 Å². The maximum atomic E-state index is 10.3. The molecule has 0 aliphatic heterocycles. The van der Waals surface area contributed by atoms with Crippen molar-refractivity contribution in [1.82, 2.24) is 0 Å². The molecule has 17 heavy (non-hydrogen) atoms. The Morgan fingerprint density at radius 1 is 1.12 bits per heavy atom. The first kappa shape index (κ1) is 14.2. The van der Waals surface area contributed by atoms with Crippen molar-refractivity contribution in [2.24, 2.45) is 0 Å². The summed E-state index contributed by atoms with van der Waals surface area (Å²) >= 11 is -2.48. The monoisotopic (exact) mass is 255 g/mol. The van der Waals surface area contributed by atoms with Gasteiger partial charge in [-0.25, -0.2) is 4.21 Å². The number of hydrogen-bond acceptors (Lipinski definition) is 3. The van der Waals surface area contributed by atoms with Crippen LogP contribution in [0.25, 0.3) is 0 Å². The van der Waals surface area contributed by atoms with Crippen LogP contribution < -0.4 is 4.18 Å². The molecule has 1 aromatic rings. The molecule has 0 saturated heterocycles. The van der Waals surface area contributed by atoms with Crippen LogP contribution >= 0.6 is 0 Å². The molecule has 0 saturated carbocycles. The summed E-state index contributed by atoms with van der Waals surface area (Å²) in [5.41, 5.74) is 1.23. The molecule has 0 aliphatic carbocycles.